The number of rotatable bonds is 0. The first-order valence-electron chi connectivity index (χ1n) is 24.5. The van der Waals surface area contributed by atoms with Crippen LogP contribution in [0.3, 0.4) is 0 Å². The van der Waals surface area contributed by atoms with Crippen LogP contribution >= 0.6 is 191 Å². The third-order valence-corrected chi connectivity index (χ3v) is 22.8. The summed E-state index contributed by atoms with van der Waals surface area (Å²) in [4.78, 5) is 38.4. The minimum Gasteiger partial charge on any atom is -0.871 e. The molecule has 9 aromatic rings. The first-order valence-corrected chi connectivity index (χ1v) is 34.0. The zero-order valence-corrected chi connectivity index (χ0v) is 64.5. The topological polar surface area (TPSA) is 245 Å². The summed E-state index contributed by atoms with van der Waals surface area (Å²) in [5.41, 5.74) is 1.71. The van der Waals surface area contributed by atoms with Crippen LogP contribution in [0.15, 0.2) is 163 Å². The van der Waals surface area contributed by atoms with Gasteiger partial charge in [0.15, 0.2) is 16.8 Å². The third-order valence-electron chi connectivity index (χ3n) is 15.0. The number of hydrogen-bond acceptors (Lipinski definition) is 15. The molecule has 29 heteroatoms. The van der Waals surface area contributed by atoms with Gasteiger partial charge in [0.05, 0.1) is 43.5 Å². The van der Waals surface area contributed by atoms with E-state index in [1.165, 1.54) is 0 Å². The molecule has 3 spiro atoms. The van der Waals surface area contributed by atoms with Crippen molar-refractivity contribution in [3.05, 3.63) is 230 Å². The third kappa shape index (κ3) is 9.76. The summed E-state index contributed by atoms with van der Waals surface area (Å²) < 4.78 is 38.8. The van der Waals surface area contributed by atoms with Gasteiger partial charge in [-0.05, 0) is 150 Å². The van der Waals surface area contributed by atoms with E-state index in [1.54, 1.807) is 109 Å². The maximum absolute atomic E-state index is 12.8. The normalized spacial score (nSPS) is 15.0. The Morgan fingerprint density at radius 3 is 0.618 bits per heavy atom. The van der Waals surface area contributed by atoms with Gasteiger partial charge in [0.25, 0.3) is 0 Å². The van der Waals surface area contributed by atoms with Crippen molar-refractivity contribution in [2.75, 3.05) is 0 Å². The van der Waals surface area contributed by atoms with Gasteiger partial charge in [-0.3, -0.25) is 0 Å². The van der Waals surface area contributed by atoms with Crippen LogP contribution < -0.4 is 44.8 Å². The van der Waals surface area contributed by atoms with Crippen molar-refractivity contribution in [3.8, 4) is 69.0 Å². The molecule has 0 saturated heterocycles. The number of benzene rings is 9. The number of hydrogen-bond donors (Lipinski definition) is 0. The minimum absolute atomic E-state index is 0. The first kappa shape index (κ1) is 66.9. The van der Waals surface area contributed by atoms with Crippen LogP contribution in [0.4, 0.5) is 0 Å². The summed E-state index contributed by atoms with van der Waals surface area (Å²) in [5.74, 6) is -2.30. The van der Waals surface area contributed by atoms with Crippen molar-refractivity contribution in [2.24, 2.45) is 0 Å². The molecular formula is C60H18Al2Br12O15. The largest absolute Gasteiger partial charge is 3.00 e. The fourth-order valence-corrected chi connectivity index (χ4v) is 18.5. The van der Waals surface area contributed by atoms with Crippen LogP contribution in [0.5, 0.6) is 69.0 Å². The van der Waals surface area contributed by atoms with Crippen LogP contribution in [0.2, 0.25) is 0 Å². The molecule has 0 amide bonds. The molecule has 15 rings (SSSR count). The molecule has 0 aliphatic carbocycles. The summed E-state index contributed by atoms with van der Waals surface area (Å²) >= 11 is 39.5. The second-order valence-electron chi connectivity index (χ2n) is 19.4. The molecule has 438 valence electrons. The van der Waals surface area contributed by atoms with Gasteiger partial charge in [0, 0.05) is 76.9 Å². The number of carbonyl (C=O) groups excluding carboxylic acids is 3. The predicted octanol–water partition coefficient (Wildman–Crippen LogP) is 15.6. The van der Waals surface area contributed by atoms with Gasteiger partial charge in [-0.2, -0.15) is 0 Å². The van der Waals surface area contributed by atoms with Crippen molar-refractivity contribution in [1.29, 1.82) is 0 Å². The quantitative estimate of drug-likeness (QED) is 0.0778. The van der Waals surface area contributed by atoms with Gasteiger partial charge in [0.2, 0.25) is 0 Å². The Balaban J connectivity index is 0.000000136. The van der Waals surface area contributed by atoms with E-state index in [1.807, 2.05) is 0 Å². The molecule has 89 heavy (non-hydrogen) atoms. The Bertz CT molecular complexity index is 4050. The van der Waals surface area contributed by atoms with Crippen LogP contribution in [-0.4, -0.2) is 52.6 Å². The van der Waals surface area contributed by atoms with Crippen molar-refractivity contribution >= 4 is 244 Å². The van der Waals surface area contributed by atoms with E-state index < -0.39 is 34.7 Å². The second kappa shape index (κ2) is 24.3. The maximum Gasteiger partial charge on any atom is 3.00 e. The Hall–Kier alpha value is -3.59. The molecule has 0 saturated carbocycles. The SMILES string of the molecule is O=C1OC2(c3ccccc31)c1cc(Br)c([O-])c(Br)c1Oc1c2cc(Br)c([O-])c1Br.O=C1OC2(c3ccccc31)c1cc(Br)c([O-])c(Br)c1Oc1c2cc(Br)c([O-])c1Br.O=C1OC2(c3ccccc31)c1cc(Br)c([O-])c(Br)c1Oc1c2cc(Br)c([O-])c1Br.[Al+3].[Al+3]. The van der Waals surface area contributed by atoms with Crippen LogP contribution in [-0.2, 0) is 31.0 Å². The van der Waals surface area contributed by atoms with Gasteiger partial charge in [-0.15, -0.1) is 0 Å². The number of fused-ring (bicyclic) bond motifs is 18. The molecule has 0 bridgehead atoms. The summed E-state index contributed by atoms with van der Waals surface area (Å²) in [6, 6.07) is 30.6. The minimum atomic E-state index is -1.38. The summed E-state index contributed by atoms with van der Waals surface area (Å²) in [5, 5.41) is 75.1. The number of esters is 3. The predicted molar refractivity (Wildman–Crippen MR) is 355 cm³/mol. The molecule has 0 unspecified atom stereocenters. The van der Waals surface area contributed by atoms with Gasteiger partial charge in [-0.25, -0.2) is 14.4 Å². The van der Waals surface area contributed by atoms with Gasteiger partial charge < -0.3 is 59.1 Å². The summed E-state index contributed by atoms with van der Waals surface area (Å²) in [6.07, 6.45) is 0. The first-order chi connectivity index (χ1) is 41.3. The van der Waals surface area contributed by atoms with E-state index in [9.17, 15) is 45.0 Å². The Labute approximate surface area is 624 Å². The summed E-state index contributed by atoms with van der Waals surface area (Å²) in [6.45, 7) is 0. The molecular weight excluding hydrogens is 1970 g/mol. The monoisotopic (exact) mass is 1980 g/mol. The average Bonchev–Trinajstić information content (AvgIpc) is 1.67. The fourth-order valence-electron chi connectivity index (χ4n) is 11.3. The zero-order valence-electron chi connectivity index (χ0n) is 43.2. The van der Waals surface area contributed by atoms with E-state index in [0.29, 0.717) is 66.8 Å². The molecule has 0 fully saturated rings. The average molecular weight is 1990 g/mol. The molecule has 6 aliphatic heterocycles. The number of ether oxygens (including phenoxy) is 6. The Morgan fingerprint density at radius 1 is 0.270 bits per heavy atom. The molecule has 0 radical (unpaired) electrons. The van der Waals surface area contributed by atoms with Gasteiger partial charge in [-0.1, -0.05) is 185 Å². The molecule has 9 aromatic carbocycles. The van der Waals surface area contributed by atoms with Crippen LogP contribution in [0.1, 0.15) is 81.1 Å². The van der Waals surface area contributed by atoms with Gasteiger partial charge >= 0.3 is 52.6 Å². The van der Waals surface area contributed by atoms with Crippen LogP contribution in [0.25, 0.3) is 0 Å². The standard InChI is InChI=1S/3C20H8Br4O5.2Al/c3*21-11-5-9-17(13(23)15(11)25)28-18-10(6-12(22)16(26)14(18)24)20(9)8-4-2-1-3-7(8)19(27)29-20;;/h3*1-6,25-26H;;/q;;;2*+3/p-6. The van der Waals surface area contributed by atoms with Crippen molar-refractivity contribution in [2.45, 2.75) is 16.8 Å². The van der Waals surface area contributed by atoms with Gasteiger partial charge in [0.1, 0.15) is 34.5 Å². The molecule has 0 N–H and O–H groups in total. The van der Waals surface area contributed by atoms with E-state index in [4.69, 9.17) is 28.4 Å². The van der Waals surface area contributed by atoms with Crippen molar-refractivity contribution in [1.82, 2.24) is 0 Å². The van der Waals surface area contributed by atoms with Crippen molar-refractivity contribution in [3.63, 3.8) is 0 Å². The fraction of sp³-hybridized carbons (Fsp3) is 0.0500. The Morgan fingerprint density at radius 2 is 0.438 bits per heavy atom. The molecule has 0 atom stereocenters. The van der Waals surface area contributed by atoms with E-state index in [2.05, 4.69) is 191 Å². The molecule has 15 nitrogen and oxygen atoms in total. The summed E-state index contributed by atoms with van der Waals surface area (Å²) in [7, 11) is 0. The van der Waals surface area contributed by atoms with E-state index in [-0.39, 0.29) is 157 Å². The molecule has 0 aromatic heterocycles. The Kier molecular flexibility index (Phi) is 18.3. The van der Waals surface area contributed by atoms with Crippen molar-refractivity contribution < 1.29 is 73.4 Å². The van der Waals surface area contributed by atoms with Crippen LogP contribution in [0, 0.1) is 0 Å². The van der Waals surface area contributed by atoms with E-state index in [0.717, 1.165) is 0 Å². The molecule has 6 aliphatic rings. The number of halogens is 12. The number of carbonyl (C=O) groups is 3. The smallest absolute Gasteiger partial charge is 0.871 e. The second-order valence-corrected chi connectivity index (χ2v) is 29.3. The van der Waals surface area contributed by atoms with E-state index >= 15 is 0 Å². The molecule has 6 heterocycles. The maximum atomic E-state index is 12.8. The zero-order chi connectivity index (χ0) is 62.0.